The van der Waals surface area contributed by atoms with Gasteiger partial charge in [0, 0.05) is 36.7 Å². The Bertz CT molecular complexity index is 1060. The molecule has 6 rings (SSSR count). The van der Waals surface area contributed by atoms with E-state index in [2.05, 4.69) is 15.3 Å². The number of ether oxygens (including phenoxy) is 1. The number of aromatic nitrogens is 2. The number of anilines is 1. The van der Waals surface area contributed by atoms with Gasteiger partial charge in [0.15, 0.2) is 0 Å². The van der Waals surface area contributed by atoms with Gasteiger partial charge in [0.25, 0.3) is 0 Å². The Morgan fingerprint density at radius 2 is 1.83 bits per heavy atom. The van der Waals surface area contributed by atoms with E-state index < -0.39 is 10.0 Å². The van der Waals surface area contributed by atoms with Crippen LogP contribution in [0.5, 0.6) is 0 Å². The maximum absolute atomic E-state index is 13.2. The molecule has 1 N–H and O–H groups in total. The van der Waals surface area contributed by atoms with E-state index in [0.29, 0.717) is 54.9 Å². The van der Waals surface area contributed by atoms with Crippen molar-refractivity contribution in [1.82, 2.24) is 14.3 Å². The lowest BCUT2D eigenvalue weighted by molar-refractivity contribution is 0.0730. The summed E-state index contributed by atoms with van der Waals surface area (Å²) in [6.45, 7) is 1.76. The monoisotopic (exact) mass is 426 g/mol. The second-order valence-electron chi connectivity index (χ2n) is 9.00. The first kappa shape index (κ1) is 18.7. The Hall–Kier alpha value is -2.03. The molecule has 1 saturated heterocycles. The van der Waals surface area contributed by atoms with Crippen molar-refractivity contribution in [3.63, 3.8) is 0 Å². The van der Waals surface area contributed by atoms with E-state index in [0.717, 1.165) is 11.3 Å². The van der Waals surface area contributed by atoms with Crippen molar-refractivity contribution in [1.29, 1.82) is 0 Å². The van der Waals surface area contributed by atoms with Crippen molar-refractivity contribution < 1.29 is 13.2 Å². The summed E-state index contributed by atoms with van der Waals surface area (Å²) in [6.07, 6.45) is 9.14. The number of benzene rings is 1. The highest BCUT2D eigenvalue weighted by Gasteiger charge is 2.54. The van der Waals surface area contributed by atoms with Gasteiger partial charge in [0.2, 0.25) is 10.0 Å². The van der Waals surface area contributed by atoms with Crippen LogP contribution in [0.15, 0.2) is 41.8 Å². The lowest BCUT2D eigenvalue weighted by Gasteiger charge is -2.43. The molecule has 0 spiro atoms. The molecule has 7 nitrogen and oxygen atoms in total. The van der Waals surface area contributed by atoms with E-state index in [1.807, 2.05) is 24.5 Å². The van der Waals surface area contributed by atoms with Gasteiger partial charge in [0.05, 0.1) is 24.2 Å². The Morgan fingerprint density at radius 3 is 2.63 bits per heavy atom. The summed E-state index contributed by atoms with van der Waals surface area (Å²) in [4.78, 5) is 8.90. The predicted octanol–water partition coefficient (Wildman–Crippen LogP) is 2.79. The summed E-state index contributed by atoms with van der Waals surface area (Å²) in [7, 11) is -3.50. The third-order valence-corrected chi connectivity index (χ3v) is 9.50. The number of fused-ring (bicyclic) bond motifs is 7. The molecule has 2 aliphatic carbocycles. The van der Waals surface area contributed by atoms with Crippen LogP contribution in [0.2, 0.25) is 0 Å². The number of hydrogen-bond acceptors (Lipinski definition) is 6. The molecule has 8 heteroatoms. The maximum Gasteiger partial charge on any atom is 0.243 e. The second-order valence-corrected chi connectivity index (χ2v) is 10.9. The SMILES string of the molecule is O=S(=O)(c1ccc2c(c1)C1C3CCC(C3)C1C(c1cncnc1)N2)N1CCOCC1. The van der Waals surface area contributed by atoms with Crippen LogP contribution in [0.1, 0.15) is 42.3 Å². The van der Waals surface area contributed by atoms with E-state index >= 15 is 0 Å². The maximum atomic E-state index is 13.2. The van der Waals surface area contributed by atoms with Gasteiger partial charge >= 0.3 is 0 Å². The summed E-state index contributed by atoms with van der Waals surface area (Å²) in [5, 5.41) is 3.72. The number of nitrogens with one attached hydrogen (secondary N) is 1. The third-order valence-electron chi connectivity index (χ3n) is 7.61. The average Bonchev–Trinajstić information content (AvgIpc) is 3.42. The minimum atomic E-state index is -3.50. The standard InChI is InChI=1S/C22H26N4O3S/c27-30(28,26-5-7-29-8-6-26)17-3-4-19-18(10-17)20-14-1-2-15(9-14)21(20)22(25-19)16-11-23-13-24-12-16/h3-4,10-15,20-22,25H,1-2,5-9H2. The van der Waals surface area contributed by atoms with Crippen LogP contribution < -0.4 is 5.32 Å². The fraction of sp³-hybridized carbons (Fsp3) is 0.545. The van der Waals surface area contributed by atoms with Crippen LogP contribution >= 0.6 is 0 Å². The summed E-state index contributed by atoms with van der Waals surface area (Å²) in [5.41, 5.74) is 3.35. The number of morpholine rings is 1. The van der Waals surface area contributed by atoms with Crippen LogP contribution in [0.25, 0.3) is 0 Å². The highest BCUT2D eigenvalue weighted by Crippen LogP contribution is 2.63. The van der Waals surface area contributed by atoms with Crippen molar-refractivity contribution in [3.05, 3.63) is 48.0 Å². The van der Waals surface area contributed by atoms with Crippen LogP contribution in [0.3, 0.4) is 0 Å². The zero-order valence-corrected chi connectivity index (χ0v) is 17.6. The van der Waals surface area contributed by atoms with Crippen molar-refractivity contribution in [2.24, 2.45) is 17.8 Å². The molecule has 5 atom stereocenters. The third kappa shape index (κ3) is 2.81. The number of rotatable bonds is 3. The highest BCUT2D eigenvalue weighted by atomic mass is 32.2. The predicted molar refractivity (Wildman–Crippen MR) is 111 cm³/mol. The van der Waals surface area contributed by atoms with Gasteiger partial charge in [-0.3, -0.25) is 0 Å². The van der Waals surface area contributed by atoms with Crippen molar-refractivity contribution in [3.8, 4) is 0 Å². The summed E-state index contributed by atoms with van der Waals surface area (Å²) >= 11 is 0. The smallest absolute Gasteiger partial charge is 0.243 e. The quantitative estimate of drug-likeness (QED) is 0.813. The Balaban J connectivity index is 1.41. The van der Waals surface area contributed by atoms with E-state index in [9.17, 15) is 8.42 Å². The van der Waals surface area contributed by atoms with Gasteiger partial charge in [-0.15, -0.1) is 0 Å². The van der Waals surface area contributed by atoms with Gasteiger partial charge in [0.1, 0.15) is 6.33 Å². The molecule has 30 heavy (non-hydrogen) atoms. The summed E-state index contributed by atoms with van der Waals surface area (Å²) in [6, 6.07) is 5.84. The zero-order chi connectivity index (χ0) is 20.3. The molecule has 0 amide bonds. The molecule has 3 heterocycles. The van der Waals surface area contributed by atoms with Crippen LogP contribution in [0, 0.1) is 17.8 Å². The normalized spacial score (nSPS) is 33.0. The first-order valence-corrected chi connectivity index (χ1v) is 12.3. The molecule has 158 valence electrons. The molecule has 1 aromatic heterocycles. The van der Waals surface area contributed by atoms with Gasteiger partial charge in [-0.25, -0.2) is 18.4 Å². The Morgan fingerprint density at radius 1 is 1.07 bits per heavy atom. The highest BCUT2D eigenvalue weighted by molar-refractivity contribution is 7.89. The largest absolute Gasteiger partial charge is 0.379 e. The fourth-order valence-corrected chi connectivity index (χ4v) is 7.81. The molecule has 0 radical (unpaired) electrons. The lowest BCUT2D eigenvalue weighted by atomic mass is 9.68. The van der Waals surface area contributed by atoms with Crippen molar-refractivity contribution >= 4 is 15.7 Å². The molecule has 1 aromatic carbocycles. The number of hydrogen-bond donors (Lipinski definition) is 1. The lowest BCUT2D eigenvalue weighted by Crippen LogP contribution is -2.41. The van der Waals surface area contributed by atoms with Gasteiger partial charge < -0.3 is 10.1 Å². The minimum Gasteiger partial charge on any atom is -0.379 e. The van der Waals surface area contributed by atoms with Crippen LogP contribution in [0.4, 0.5) is 5.69 Å². The summed E-state index contributed by atoms with van der Waals surface area (Å²) in [5.74, 6) is 2.16. The minimum absolute atomic E-state index is 0.181. The van der Waals surface area contributed by atoms with Crippen LogP contribution in [-0.4, -0.2) is 49.0 Å². The topological polar surface area (TPSA) is 84.4 Å². The fourth-order valence-electron chi connectivity index (χ4n) is 6.36. The molecular formula is C22H26N4O3S. The number of sulfonamides is 1. The average molecular weight is 427 g/mol. The van der Waals surface area contributed by atoms with E-state index in [-0.39, 0.29) is 6.04 Å². The number of nitrogens with zero attached hydrogens (tertiary/aromatic N) is 3. The molecule has 4 aliphatic rings. The van der Waals surface area contributed by atoms with E-state index in [1.165, 1.54) is 24.8 Å². The van der Waals surface area contributed by atoms with Gasteiger partial charge in [-0.05, 0) is 66.7 Å². The van der Waals surface area contributed by atoms with E-state index in [4.69, 9.17) is 4.74 Å². The molecule has 2 bridgehead atoms. The van der Waals surface area contributed by atoms with E-state index in [1.54, 1.807) is 16.7 Å². The van der Waals surface area contributed by atoms with Gasteiger partial charge in [-0.1, -0.05) is 0 Å². The first-order valence-electron chi connectivity index (χ1n) is 10.9. The molecule has 2 aliphatic heterocycles. The van der Waals surface area contributed by atoms with Crippen molar-refractivity contribution in [2.45, 2.75) is 36.1 Å². The Kier molecular flexibility index (Phi) is 4.37. The molecule has 2 aromatic rings. The second kappa shape index (κ2) is 7.00. The zero-order valence-electron chi connectivity index (χ0n) is 16.8. The molecule has 2 saturated carbocycles. The molecule has 5 unspecified atom stereocenters. The molecule has 3 fully saturated rings. The molecular weight excluding hydrogens is 400 g/mol. The van der Waals surface area contributed by atoms with Gasteiger partial charge in [-0.2, -0.15) is 4.31 Å². The van der Waals surface area contributed by atoms with Crippen LogP contribution in [-0.2, 0) is 14.8 Å². The summed E-state index contributed by atoms with van der Waals surface area (Å²) < 4.78 is 33.4. The van der Waals surface area contributed by atoms with Crippen molar-refractivity contribution in [2.75, 3.05) is 31.6 Å². The Labute approximate surface area is 176 Å². The first-order chi connectivity index (χ1) is 14.6.